The fourth-order valence-corrected chi connectivity index (χ4v) is 7.34. The van der Waals surface area contributed by atoms with Gasteiger partial charge in [-0.1, -0.05) is 18.2 Å². The number of allylic oxidation sites excluding steroid dienone is 5. The first-order valence-corrected chi connectivity index (χ1v) is 17.2. The van der Waals surface area contributed by atoms with Gasteiger partial charge in [-0.25, -0.2) is 9.98 Å². The van der Waals surface area contributed by atoms with E-state index in [0.717, 1.165) is 65.9 Å². The summed E-state index contributed by atoms with van der Waals surface area (Å²) in [5.74, 6) is 0.951. The van der Waals surface area contributed by atoms with Gasteiger partial charge in [-0.3, -0.25) is 0 Å². The SMILES string of the molecule is CC(C)Nc1cc(N2CCCCC2)ccc1C1=CC2=CC=CC3=CC(c4ccc(N5CCCCC5)cc4NC(C)C)=NC(=N1)C23. The standard InChI is InChI=1S/C39H48N6/c1-26(2)40-36-24-30(44-18-7-5-8-19-44)14-16-32(36)34-22-28-12-11-13-29-23-35(43-39(42-34)38(28)29)33-17-15-31(25-37(33)41-27(3)4)45-20-9-6-10-21-45/h11-17,22-27,38,40-41H,5-10,18-21H2,1-4H3. The maximum Gasteiger partial charge on any atom is 0.141 e. The molecule has 2 fully saturated rings. The zero-order valence-electron chi connectivity index (χ0n) is 27.4. The lowest BCUT2D eigenvalue weighted by molar-refractivity contribution is 0.578. The minimum Gasteiger partial charge on any atom is -0.382 e. The predicted octanol–water partition coefficient (Wildman–Crippen LogP) is 8.60. The van der Waals surface area contributed by atoms with E-state index in [1.807, 2.05) is 0 Å². The maximum atomic E-state index is 5.32. The Balaban J connectivity index is 1.28. The smallest absolute Gasteiger partial charge is 0.141 e. The summed E-state index contributed by atoms with van der Waals surface area (Å²) < 4.78 is 0. The summed E-state index contributed by atoms with van der Waals surface area (Å²) in [6.45, 7) is 13.3. The van der Waals surface area contributed by atoms with E-state index in [1.165, 1.54) is 61.0 Å². The van der Waals surface area contributed by atoms with Crippen molar-refractivity contribution in [1.82, 2.24) is 0 Å². The minimum atomic E-state index is 0.0748. The van der Waals surface area contributed by atoms with Crippen LogP contribution in [0.1, 0.15) is 77.3 Å². The van der Waals surface area contributed by atoms with Gasteiger partial charge in [-0.2, -0.15) is 0 Å². The monoisotopic (exact) mass is 600 g/mol. The number of amidine groups is 1. The van der Waals surface area contributed by atoms with E-state index in [9.17, 15) is 0 Å². The first kappa shape index (κ1) is 29.6. The molecular formula is C39H48N6. The van der Waals surface area contributed by atoms with Gasteiger partial charge in [0.2, 0.25) is 0 Å². The van der Waals surface area contributed by atoms with Crippen molar-refractivity contribution < 1.29 is 0 Å². The van der Waals surface area contributed by atoms with E-state index in [1.54, 1.807) is 0 Å². The molecule has 6 heteroatoms. The van der Waals surface area contributed by atoms with Crippen LogP contribution in [0.3, 0.4) is 0 Å². The topological polar surface area (TPSA) is 55.3 Å². The van der Waals surface area contributed by atoms with Crippen molar-refractivity contribution in [2.75, 3.05) is 46.6 Å². The third-order valence-electron chi connectivity index (χ3n) is 9.47. The Morgan fingerprint density at radius 3 is 1.84 bits per heavy atom. The van der Waals surface area contributed by atoms with Gasteiger partial charge in [0, 0.05) is 72.1 Å². The highest BCUT2D eigenvalue weighted by atomic mass is 15.1. The van der Waals surface area contributed by atoms with Gasteiger partial charge < -0.3 is 20.4 Å². The van der Waals surface area contributed by atoms with E-state index < -0.39 is 0 Å². The highest BCUT2D eigenvalue weighted by Gasteiger charge is 2.33. The second kappa shape index (κ2) is 12.7. The Morgan fingerprint density at radius 2 is 1.24 bits per heavy atom. The van der Waals surface area contributed by atoms with Crippen LogP contribution in [0.25, 0.3) is 5.70 Å². The van der Waals surface area contributed by atoms with Gasteiger partial charge in [0.25, 0.3) is 0 Å². The molecule has 2 aromatic carbocycles. The van der Waals surface area contributed by atoms with Crippen molar-refractivity contribution in [2.45, 2.75) is 78.3 Å². The fourth-order valence-electron chi connectivity index (χ4n) is 7.34. The van der Waals surface area contributed by atoms with Crippen molar-refractivity contribution in [3.63, 3.8) is 0 Å². The van der Waals surface area contributed by atoms with Crippen molar-refractivity contribution in [2.24, 2.45) is 15.9 Å². The van der Waals surface area contributed by atoms with Crippen LogP contribution in [0.15, 0.2) is 87.9 Å². The second-order valence-electron chi connectivity index (χ2n) is 13.8. The first-order chi connectivity index (χ1) is 21.9. The lowest BCUT2D eigenvalue weighted by Crippen LogP contribution is -2.30. The van der Waals surface area contributed by atoms with Crippen LogP contribution in [-0.2, 0) is 0 Å². The molecule has 1 unspecified atom stereocenters. The second-order valence-corrected chi connectivity index (χ2v) is 13.8. The number of piperidine rings is 2. The Labute approximate surface area is 269 Å². The third-order valence-corrected chi connectivity index (χ3v) is 9.47. The molecule has 1 atom stereocenters. The van der Waals surface area contributed by atoms with Crippen molar-refractivity contribution in [1.29, 1.82) is 0 Å². The summed E-state index contributed by atoms with van der Waals surface area (Å²) in [6.07, 6.45) is 18.9. The highest BCUT2D eigenvalue weighted by Crippen LogP contribution is 2.41. The third kappa shape index (κ3) is 6.25. The van der Waals surface area contributed by atoms with Gasteiger partial charge in [-0.05, 0) is 126 Å². The highest BCUT2D eigenvalue weighted by molar-refractivity contribution is 6.21. The summed E-state index contributed by atoms with van der Waals surface area (Å²) in [5.41, 5.74) is 11.6. The van der Waals surface area contributed by atoms with Crippen LogP contribution in [0.4, 0.5) is 22.7 Å². The zero-order chi connectivity index (χ0) is 30.9. The molecule has 0 aromatic heterocycles. The normalized spacial score (nSPS) is 21.1. The quantitative estimate of drug-likeness (QED) is 0.319. The van der Waals surface area contributed by atoms with Crippen LogP contribution in [0.2, 0.25) is 0 Å². The number of nitrogens with zero attached hydrogens (tertiary/aromatic N) is 4. The minimum absolute atomic E-state index is 0.0748. The van der Waals surface area contributed by atoms with Crippen molar-refractivity contribution in [3.8, 4) is 0 Å². The van der Waals surface area contributed by atoms with Crippen LogP contribution in [0, 0.1) is 5.92 Å². The number of anilines is 4. The lowest BCUT2D eigenvalue weighted by Gasteiger charge is -2.32. The fraction of sp³-hybridized carbons (Fsp3) is 0.436. The Hall–Kier alpha value is -4.06. The summed E-state index contributed by atoms with van der Waals surface area (Å²) >= 11 is 0. The van der Waals surface area contributed by atoms with E-state index >= 15 is 0 Å². The molecular weight excluding hydrogens is 552 g/mol. The molecule has 0 radical (unpaired) electrons. The van der Waals surface area contributed by atoms with Crippen LogP contribution < -0.4 is 20.4 Å². The van der Waals surface area contributed by atoms with Gasteiger partial charge >= 0.3 is 0 Å². The van der Waals surface area contributed by atoms with Crippen molar-refractivity contribution >= 4 is 40.0 Å². The molecule has 45 heavy (non-hydrogen) atoms. The average Bonchev–Trinajstić information content (AvgIpc) is 3.05. The molecule has 7 rings (SSSR count). The number of hydrogen-bond donors (Lipinski definition) is 2. The number of hydrogen-bond acceptors (Lipinski definition) is 6. The number of aliphatic imine (C=N–C) groups is 2. The molecule has 4 heterocycles. The van der Waals surface area contributed by atoms with Gasteiger partial charge in [0.15, 0.2) is 0 Å². The molecule has 6 nitrogen and oxygen atoms in total. The summed E-state index contributed by atoms with van der Waals surface area (Å²) in [6, 6.07) is 14.4. The largest absolute Gasteiger partial charge is 0.382 e. The van der Waals surface area contributed by atoms with Crippen molar-refractivity contribution in [3.05, 3.63) is 89.1 Å². The average molecular weight is 601 g/mol. The van der Waals surface area contributed by atoms with Gasteiger partial charge in [0.05, 0.1) is 17.3 Å². The molecule has 234 valence electrons. The van der Waals surface area contributed by atoms with Crippen LogP contribution in [-0.4, -0.2) is 49.8 Å². The zero-order valence-corrected chi connectivity index (χ0v) is 27.4. The summed E-state index contributed by atoms with van der Waals surface area (Å²) in [5, 5.41) is 7.48. The Bertz CT molecular complexity index is 1550. The van der Waals surface area contributed by atoms with E-state index in [2.05, 4.69) is 115 Å². The van der Waals surface area contributed by atoms with Crippen LogP contribution in [0.5, 0.6) is 0 Å². The molecule has 4 aliphatic heterocycles. The molecule has 0 spiro atoms. The molecule has 0 saturated carbocycles. The Kier molecular flexibility index (Phi) is 8.39. The van der Waals surface area contributed by atoms with Gasteiger partial charge in [0.1, 0.15) is 5.84 Å². The molecule has 2 saturated heterocycles. The van der Waals surface area contributed by atoms with Gasteiger partial charge in [-0.15, -0.1) is 0 Å². The Morgan fingerprint density at radius 1 is 0.667 bits per heavy atom. The first-order valence-electron chi connectivity index (χ1n) is 17.2. The number of nitrogens with one attached hydrogen (secondary N) is 2. The molecule has 1 aliphatic carbocycles. The maximum absolute atomic E-state index is 5.32. The molecule has 2 aromatic rings. The predicted molar refractivity (Wildman–Crippen MR) is 193 cm³/mol. The molecule has 5 aliphatic rings. The molecule has 0 bridgehead atoms. The number of benzene rings is 2. The molecule has 0 amide bonds. The summed E-state index contributed by atoms with van der Waals surface area (Å²) in [7, 11) is 0. The van der Waals surface area contributed by atoms with E-state index in [4.69, 9.17) is 9.98 Å². The van der Waals surface area contributed by atoms with E-state index in [0.29, 0.717) is 12.1 Å². The summed E-state index contributed by atoms with van der Waals surface area (Å²) in [4.78, 5) is 15.7. The number of dihydropyridines is 1. The van der Waals surface area contributed by atoms with E-state index in [-0.39, 0.29) is 5.92 Å². The molecule has 2 N–H and O–H groups in total. The lowest BCUT2D eigenvalue weighted by atomic mass is 9.80. The van der Waals surface area contributed by atoms with Crippen LogP contribution >= 0.6 is 0 Å². The number of rotatable bonds is 8.